The van der Waals surface area contributed by atoms with Crippen molar-refractivity contribution in [3.05, 3.63) is 70.9 Å². The number of amides is 3. The number of anilines is 1. The minimum Gasteiger partial charge on any atom is -0.497 e. The number of fused-ring (bicyclic) bond motifs is 1. The lowest BCUT2D eigenvalue weighted by Gasteiger charge is -2.44. The third kappa shape index (κ3) is 4.39. The molecule has 36 heavy (non-hydrogen) atoms. The van der Waals surface area contributed by atoms with Crippen molar-refractivity contribution in [1.29, 1.82) is 0 Å². The van der Waals surface area contributed by atoms with Crippen LogP contribution >= 0.6 is 11.6 Å². The molecule has 10 nitrogen and oxygen atoms in total. The average Bonchev–Trinajstić information content (AvgIpc) is 3.61. The Bertz CT molecular complexity index is 1320. The van der Waals surface area contributed by atoms with Crippen LogP contribution in [0.4, 0.5) is 5.82 Å². The second kappa shape index (κ2) is 9.27. The van der Waals surface area contributed by atoms with E-state index >= 15 is 0 Å². The second-order valence-electron chi connectivity index (χ2n) is 9.10. The molecule has 1 aliphatic carbocycles. The van der Waals surface area contributed by atoms with Gasteiger partial charge in [-0.05, 0) is 49.6 Å². The summed E-state index contributed by atoms with van der Waals surface area (Å²) in [4.78, 5) is 50.0. The van der Waals surface area contributed by atoms with E-state index in [0.29, 0.717) is 11.6 Å². The van der Waals surface area contributed by atoms with Gasteiger partial charge >= 0.3 is 0 Å². The van der Waals surface area contributed by atoms with Gasteiger partial charge in [-0.2, -0.15) is 0 Å². The minimum absolute atomic E-state index is 0.0110. The molecule has 1 fully saturated rings. The highest BCUT2D eigenvalue weighted by atomic mass is 35.5. The predicted molar refractivity (Wildman–Crippen MR) is 132 cm³/mol. The molecule has 0 saturated heterocycles. The Morgan fingerprint density at radius 1 is 1.17 bits per heavy atom. The van der Waals surface area contributed by atoms with Crippen molar-refractivity contribution in [2.45, 2.75) is 44.4 Å². The number of rotatable bonds is 7. The maximum atomic E-state index is 13.7. The van der Waals surface area contributed by atoms with Crippen molar-refractivity contribution in [2.75, 3.05) is 12.4 Å². The van der Waals surface area contributed by atoms with E-state index in [2.05, 4.69) is 20.6 Å². The maximum Gasteiger partial charge on any atom is 0.277 e. The Labute approximate surface area is 212 Å². The summed E-state index contributed by atoms with van der Waals surface area (Å²) >= 11 is 5.86. The van der Waals surface area contributed by atoms with Gasteiger partial charge in [0, 0.05) is 18.8 Å². The molecular formula is C25H25ClN6O4. The van der Waals surface area contributed by atoms with Crippen LogP contribution in [-0.4, -0.2) is 55.8 Å². The van der Waals surface area contributed by atoms with Gasteiger partial charge < -0.3 is 24.8 Å². The SMILES string of the molecule is COc1ccc(CNC(=O)C2(C)Cn3cnc(C(=O)Nc4ccc(Cl)cn4)c3C(=O)N2C2CC2)cc1. The zero-order chi connectivity index (χ0) is 25.4. The summed E-state index contributed by atoms with van der Waals surface area (Å²) in [6.07, 6.45) is 4.45. The summed E-state index contributed by atoms with van der Waals surface area (Å²) in [6.45, 7) is 2.25. The van der Waals surface area contributed by atoms with E-state index < -0.39 is 17.4 Å². The lowest BCUT2D eigenvalue weighted by atomic mass is 9.93. The predicted octanol–water partition coefficient (Wildman–Crippen LogP) is 2.89. The molecule has 0 spiro atoms. The second-order valence-corrected chi connectivity index (χ2v) is 9.53. The molecule has 1 atom stereocenters. The zero-order valence-corrected chi connectivity index (χ0v) is 20.6. The highest BCUT2D eigenvalue weighted by molar-refractivity contribution is 6.30. The quantitative estimate of drug-likeness (QED) is 0.506. The lowest BCUT2D eigenvalue weighted by Crippen LogP contribution is -2.64. The molecule has 3 amide bonds. The van der Waals surface area contributed by atoms with Gasteiger partial charge in [0.15, 0.2) is 5.69 Å². The van der Waals surface area contributed by atoms with Crippen molar-refractivity contribution in [2.24, 2.45) is 0 Å². The van der Waals surface area contributed by atoms with Crippen LogP contribution < -0.4 is 15.4 Å². The van der Waals surface area contributed by atoms with E-state index in [1.807, 2.05) is 24.3 Å². The fourth-order valence-electron chi connectivity index (χ4n) is 4.46. The number of ether oxygens (including phenoxy) is 1. The van der Waals surface area contributed by atoms with Gasteiger partial charge in [-0.3, -0.25) is 14.4 Å². The third-order valence-electron chi connectivity index (χ3n) is 6.47. The van der Waals surface area contributed by atoms with Crippen LogP contribution in [0.15, 0.2) is 48.9 Å². The normalized spacial score (nSPS) is 19.0. The van der Waals surface area contributed by atoms with Gasteiger partial charge in [0.1, 0.15) is 22.8 Å². The van der Waals surface area contributed by atoms with Gasteiger partial charge in [0.2, 0.25) is 5.91 Å². The van der Waals surface area contributed by atoms with E-state index in [1.54, 1.807) is 35.6 Å². The molecule has 0 bridgehead atoms. The standard InChI is InChI=1S/C25H25ClN6O4/c1-25(24(35)28-11-15-3-8-18(36-2)9-4-15)13-31-14-29-20(21(31)23(34)32(25)17-6-7-17)22(33)30-19-10-5-16(26)12-27-19/h3-5,8-10,12,14,17H,6-7,11,13H2,1-2H3,(H,28,35)(H,27,30,33). The molecule has 186 valence electrons. The highest BCUT2D eigenvalue weighted by Gasteiger charge is 2.53. The Hall–Kier alpha value is -3.92. The van der Waals surface area contributed by atoms with Crippen molar-refractivity contribution < 1.29 is 19.1 Å². The van der Waals surface area contributed by atoms with E-state index in [4.69, 9.17) is 16.3 Å². The fourth-order valence-corrected chi connectivity index (χ4v) is 4.57. The number of carbonyl (C=O) groups is 3. The number of carbonyl (C=O) groups excluding carboxylic acids is 3. The first-order valence-electron chi connectivity index (χ1n) is 11.5. The lowest BCUT2D eigenvalue weighted by molar-refractivity contribution is -0.133. The number of hydrogen-bond acceptors (Lipinski definition) is 6. The summed E-state index contributed by atoms with van der Waals surface area (Å²) in [5.74, 6) is -0.201. The monoisotopic (exact) mass is 508 g/mol. The van der Waals surface area contributed by atoms with Crippen LogP contribution in [0.5, 0.6) is 5.75 Å². The van der Waals surface area contributed by atoms with Gasteiger partial charge in [-0.15, -0.1) is 0 Å². The summed E-state index contributed by atoms with van der Waals surface area (Å²) in [5.41, 5.74) is -0.0768. The van der Waals surface area contributed by atoms with Crippen LogP contribution in [0.3, 0.4) is 0 Å². The van der Waals surface area contributed by atoms with Crippen molar-refractivity contribution in [1.82, 2.24) is 24.8 Å². The van der Waals surface area contributed by atoms with Gasteiger partial charge in [0.25, 0.3) is 11.8 Å². The smallest absolute Gasteiger partial charge is 0.277 e. The number of halogens is 1. The average molecular weight is 509 g/mol. The van der Waals surface area contributed by atoms with Crippen LogP contribution in [0.1, 0.15) is 46.3 Å². The van der Waals surface area contributed by atoms with Crippen LogP contribution in [0, 0.1) is 0 Å². The number of benzene rings is 1. The van der Waals surface area contributed by atoms with Gasteiger partial charge in [0.05, 0.1) is 25.0 Å². The summed E-state index contributed by atoms with van der Waals surface area (Å²) < 4.78 is 6.76. The number of pyridine rings is 1. The largest absolute Gasteiger partial charge is 0.497 e. The highest BCUT2D eigenvalue weighted by Crippen LogP contribution is 2.39. The summed E-state index contributed by atoms with van der Waals surface area (Å²) in [5, 5.41) is 6.06. The fraction of sp³-hybridized carbons (Fsp3) is 0.320. The molecule has 1 unspecified atom stereocenters. The van der Waals surface area contributed by atoms with Crippen molar-refractivity contribution >= 4 is 35.1 Å². The summed E-state index contributed by atoms with van der Waals surface area (Å²) in [6, 6.07) is 10.5. The number of imidazole rings is 1. The van der Waals surface area contributed by atoms with Crippen LogP contribution in [0.2, 0.25) is 5.02 Å². The van der Waals surface area contributed by atoms with E-state index in [-0.39, 0.29) is 35.7 Å². The molecule has 3 aromatic rings. The number of aromatic nitrogens is 3. The molecular weight excluding hydrogens is 484 g/mol. The minimum atomic E-state index is -1.14. The number of nitrogens with one attached hydrogen (secondary N) is 2. The van der Waals surface area contributed by atoms with E-state index in [0.717, 1.165) is 24.2 Å². The Balaban J connectivity index is 1.37. The Morgan fingerprint density at radius 3 is 2.56 bits per heavy atom. The Kier molecular flexibility index (Phi) is 6.13. The first-order chi connectivity index (χ1) is 17.3. The van der Waals surface area contributed by atoms with E-state index in [9.17, 15) is 14.4 Å². The third-order valence-corrected chi connectivity index (χ3v) is 6.69. The number of nitrogens with zero attached hydrogens (tertiary/aromatic N) is 4. The molecule has 5 rings (SSSR count). The first kappa shape index (κ1) is 23.8. The molecule has 1 aliphatic heterocycles. The van der Waals surface area contributed by atoms with Crippen LogP contribution in [-0.2, 0) is 17.9 Å². The zero-order valence-electron chi connectivity index (χ0n) is 19.8. The van der Waals surface area contributed by atoms with Gasteiger partial charge in [-0.25, -0.2) is 9.97 Å². The van der Waals surface area contributed by atoms with Crippen molar-refractivity contribution in [3.8, 4) is 5.75 Å². The van der Waals surface area contributed by atoms with Crippen molar-refractivity contribution in [3.63, 3.8) is 0 Å². The molecule has 11 heteroatoms. The summed E-state index contributed by atoms with van der Waals surface area (Å²) in [7, 11) is 1.60. The number of hydrogen-bond donors (Lipinski definition) is 2. The first-order valence-corrected chi connectivity index (χ1v) is 11.9. The molecule has 1 aromatic carbocycles. The molecule has 3 heterocycles. The van der Waals surface area contributed by atoms with Crippen LogP contribution in [0.25, 0.3) is 0 Å². The number of methoxy groups -OCH3 is 1. The molecule has 0 radical (unpaired) electrons. The molecule has 2 N–H and O–H groups in total. The van der Waals surface area contributed by atoms with E-state index in [1.165, 1.54) is 12.5 Å². The molecule has 1 saturated carbocycles. The molecule has 2 aliphatic rings. The van der Waals surface area contributed by atoms with Gasteiger partial charge in [-0.1, -0.05) is 23.7 Å². The maximum absolute atomic E-state index is 13.7. The Morgan fingerprint density at radius 2 is 1.92 bits per heavy atom. The topological polar surface area (TPSA) is 118 Å². The molecule has 2 aromatic heterocycles.